The molecule has 6 nitrogen and oxygen atoms in total. The molecule has 2 N–H and O–H groups in total. The molecule has 0 aromatic carbocycles. The number of urea groups is 1. The topological polar surface area (TPSA) is 72.9 Å². The number of hydrogen-bond donors (Lipinski definition) is 2. The lowest BCUT2D eigenvalue weighted by Crippen LogP contribution is -2.41. The van der Waals surface area contributed by atoms with E-state index in [2.05, 4.69) is 17.3 Å². The maximum atomic E-state index is 11.9. The SMILES string of the molecule is CN(CCNC(=O)N1CCC(CC(=O)O)C1)C1CC1. The van der Waals surface area contributed by atoms with Crippen LogP contribution in [0.4, 0.5) is 4.79 Å². The third kappa shape index (κ3) is 4.38. The van der Waals surface area contributed by atoms with Crippen molar-refractivity contribution in [1.29, 1.82) is 0 Å². The van der Waals surface area contributed by atoms with Crippen molar-refractivity contribution in [2.75, 3.05) is 33.2 Å². The van der Waals surface area contributed by atoms with E-state index < -0.39 is 5.97 Å². The lowest BCUT2D eigenvalue weighted by Gasteiger charge is -2.19. The fourth-order valence-electron chi connectivity index (χ4n) is 2.58. The average molecular weight is 269 g/mol. The highest BCUT2D eigenvalue weighted by Crippen LogP contribution is 2.24. The summed E-state index contributed by atoms with van der Waals surface area (Å²) in [6.45, 7) is 2.77. The Balaban J connectivity index is 1.62. The molecule has 0 aromatic heterocycles. The van der Waals surface area contributed by atoms with E-state index in [9.17, 15) is 9.59 Å². The molecule has 1 saturated carbocycles. The first-order valence-corrected chi connectivity index (χ1v) is 7.01. The highest BCUT2D eigenvalue weighted by Gasteiger charge is 2.28. The van der Waals surface area contributed by atoms with Crippen LogP contribution in [0.3, 0.4) is 0 Å². The van der Waals surface area contributed by atoms with E-state index in [1.165, 1.54) is 12.8 Å². The van der Waals surface area contributed by atoms with E-state index >= 15 is 0 Å². The van der Waals surface area contributed by atoms with Gasteiger partial charge in [-0.2, -0.15) is 0 Å². The van der Waals surface area contributed by atoms with Gasteiger partial charge in [-0.25, -0.2) is 4.79 Å². The molecule has 108 valence electrons. The molecule has 2 fully saturated rings. The number of rotatable bonds is 6. The van der Waals surface area contributed by atoms with Crippen molar-refractivity contribution in [3.05, 3.63) is 0 Å². The fourth-order valence-corrected chi connectivity index (χ4v) is 2.58. The van der Waals surface area contributed by atoms with Gasteiger partial charge in [0.05, 0.1) is 0 Å². The lowest BCUT2D eigenvalue weighted by molar-refractivity contribution is -0.138. The van der Waals surface area contributed by atoms with Gasteiger partial charge < -0.3 is 20.2 Å². The Morgan fingerprint density at radius 2 is 2.11 bits per heavy atom. The zero-order chi connectivity index (χ0) is 13.8. The first-order valence-electron chi connectivity index (χ1n) is 7.01. The van der Waals surface area contributed by atoms with E-state index in [1.54, 1.807) is 4.90 Å². The Morgan fingerprint density at radius 3 is 2.74 bits per heavy atom. The maximum Gasteiger partial charge on any atom is 0.317 e. The van der Waals surface area contributed by atoms with Gasteiger partial charge in [0.1, 0.15) is 0 Å². The summed E-state index contributed by atoms with van der Waals surface area (Å²) in [5, 5.41) is 11.6. The summed E-state index contributed by atoms with van der Waals surface area (Å²) in [5.74, 6) is -0.671. The van der Waals surface area contributed by atoms with Gasteiger partial charge in [-0.05, 0) is 32.2 Å². The van der Waals surface area contributed by atoms with Gasteiger partial charge in [-0.15, -0.1) is 0 Å². The van der Waals surface area contributed by atoms with Gasteiger partial charge in [0, 0.05) is 38.6 Å². The molecule has 6 heteroatoms. The molecule has 19 heavy (non-hydrogen) atoms. The van der Waals surface area contributed by atoms with Gasteiger partial charge in [-0.3, -0.25) is 4.79 Å². The minimum atomic E-state index is -0.779. The number of carbonyl (C=O) groups excluding carboxylic acids is 1. The van der Waals surface area contributed by atoms with E-state index in [1.807, 2.05) is 0 Å². The maximum absolute atomic E-state index is 11.9. The highest BCUT2D eigenvalue weighted by atomic mass is 16.4. The summed E-state index contributed by atoms with van der Waals surface area (Å²) in [5.41, 5.74) is 0. The third-order valence-electron chi connectivity index (χ3n) is 3.95. The number of likely N-dealkylation sites (N-methyl/N-ethyl adjacent to an activating group) is 1. The molecule has 0 bridgehead atoms. The molecular weight excluding hydrogens is 246 g/mol. The van der Waals surface area contributed by atoms with Crippen LogP contribution in [0.5, 0.6) is 0 Å². The van der Waals surface area contributed by atoms with Crippen LogP contribution in [0.1, 0.15) is 25.7 Å². The van der Waals surface area contributed by atoms with Crippen molar-refractivity contribution in [3.63, 3.8) is 0 Å². The zero-order valence-corrected chi connectivity index (χ0v) is 11.5. The number of nitrogens with zero attached hydrogens (tertiary/aromatic N) is 2. The number of amides is 2. The number of likely N-dealkylation sites (tertiary alicyclic amines) is 1. The normalized spacial score (nSPS) is 22.8. The van der Waals surface area contributed by atoms with Crippen molar-refractivity contribution in [3.8, 4) is 0 Å². The van der Waals surface area contributed by atoms with Crippen molar-refractivity contribution < 1.29 is 14.7 Å². The van der Waals surface area contributed by atoms with E-state index in [0.717, 1.165) is 13.0 Å². The van der Waals surface area contributed by atoms with Crippen LogP contribution in [-0.2, 0) is 4.79 Å². The molecule has 1 saturated heterocycles. The van der Waals surface area contributed by atoms with Crippen molar-refractivity contribution in [2.24, 2.45) is 5.92 Å². The minimum absolute atomic E-state index is 0.0583. The van der Waals surface area contributed by atoms with E-state index in [-0.39, 0.29) is 18.4 Å². The molecule has 1 unspecified atom stereocenters. The van der Waals surface area contributed by atoms with Gasteiger partial charge >= 0.3 is 12.0 Å². The molecule has 1 aliphatic carbocycles. The van der Waals surface area contributed by atoms with Crippen LogP contribution in [0, 0.1) is 5.92 Å². The van der Waals surface area contributed by atoms with Crippen LogP contribution in [0.2, 0.25) is 0 Å². The number of carbonyl (C=O) groups is 2. The monoisotopic (exact) mass is 269 g/mol. The highest BCUT2D eigenvalue weighted by molar-refractivity contribution is 5.74. The van der Waals surface area contributed by atoms with E-state index in [0.29, 0.717) is 25.7 Å². The molecule has 1 aliphatic heterocycles. The van der Waals surface area contributed by atoms with Crippen LogP contribution >= 0.6 is 0 Å². The Bertz CT molecular complexity index is 344. The summed E-state index contributed by atoms with van der Waals surface area (Å²) in [7, 11) is 2.09. The summed E-state index contributed by atoms with van der Waals surface area (Å²) < 4.78 is 0. The number of nitrogens with one attached hydrogen (secondary N) is 1. The van der Waals surface area contributed by atoms with Gasteiger partial charge in [0.25, 0.3) is 0 Å². The van der Waals surface area contributed by atoms with Crippen molar-refractivity contribution >= 4 is 12.0 Å². The molecule has 1 atom stereocenters. The molecule has 2 rings (SSSR count). The van der Waals surface area contributed by atoms with Crippen molar-refractivity contribution in [1.82, 2.24) is 15.1 Å². The molecule has 2 aliphatic rings. The summed E-state index contributed by atoms with van der Waals surface area (Å²) in [6.07, 6.45) is 3.50. The lowest BCUT2D eigenvalue weighted by atomic mass is 10.1. The summed E-state index contributed by atoms with van der Waals surface area (Å²) in [4.78, 5) is 26.5. The second-order valence-corrected chi connectivity index (χ2v) is 5.64. The Morgan fingerprint density at radius 1 is 1.37 bits per heavy atom. The van der Waals surface area contributed by atoms with E-state index in [4.69, 9.17) is 5.11 Å². The molecule has 0 spiro atoms. The molecule has 1 heterocycles. The number of carboxylic acids is 1. The zero-order valence-electron chi connectivity index (χ0n) is 11.5. The second-order valence-electron chi connectivity index (χ2n) is 5.64. The predicted molar refractivity (Wildman–Crippen MR) is 71.0 cm³/mol. The van der Waals surface area contributed by atoms with Gasteiger partial charge in [0.2, 0.25) is 0 Å². The smallest absolute Gasteiger partial charge is 0.317 e. The van der Waals surface area contributed by atoms with Crippen LogP contribution in [0.25, 0.3) is 0 Å². The number of aliphatic carboxylic acids is 1. The van der Waals surface area contributed by atoms with Gasteiger partial charge in [0.15, 0.2) is 0 Å². The summed E-state index contributed by atoms with van der Waals surface area (Å²) in [6, 6.07) is 0.653. The standard InChI is InChI=1S/C13H23N3O3/c1-15(11-2-3-11)7-5-14-13(19)16-6-4-10(9-16)8-12(17)18/h10-11H,2-9H2,1H3,(H,14,19)(H,17,18). The second kappa shape index (κ2) is 6.23. The Kier molecular flexibility index (Phi) is 4.63. The van der Waals surface area contributed by atoms with Crippen LogP contribution < -0.4 is 5.32 Å². The first kappa shape index (κ1) is 14.1. The Labute approximate surface area is 113 Å². The molecule has 2 amide bonds. The van der Waals surface area contributed by atoms with Crippen LogP contribution in [0.15, 0.2) is 0 Å². The predicted octanol–water partition coefficient (Wildman–Crippen LogP) is 0.587. The summed E-state index contributed by atoms with van der Waals surface area (Å²) >= 11 is 0. The average Bonchev–Trinajstić information content (AvgIpc) is 3.09. The quantitative estimate of drug-likeness (QED) is 0.740. The number of hydrogen-bond acceptors (Lipinski definition) is 3. The first-order chi connectivity index (χ1) is 9.06. The fraction of sp³-hybridized carbons (Fsp3) is 0.846. The van der Waals surface area contributed by atoms with Crippen LogP contribution in [-0.4, -0.2) is 66.2 Å². The minimum Gasteiger partial charge on any atom is -0.481 e. The molecular formula is C13H23N3O3. The molecule has 0 aromatic rings. The van der Waals surface area contributed by atoms with Crippen molar-refractivity contribution in [2.45, 2.75) is 31.7 Å². The largest absolute Gasteiger partial charge is 0.481 e. The third-order valence-corrected chi connectivity index (χ3v) is 3.95. The Hall–Kier alpha value is -1.30. The number of carboxylic acid groups (broad SMARTS) is 1. The van der Waals surface area contributed by atoms with Gasteiger partial charge in [-0.1, -0.05) is 0 Å². The molecule has 0 radical (unpaired) electrons.